The number of oxazole rings is 2. The van der Waals surface area contributed by atoms with Gasteiger partial charge in [-0.1, -0.05) is 121 Å². The summed E-state index contributed by atoms with van der Waals surface area (Å²) >= 11 is 0. The largest absolute Gasteiger partial charge is 0.436 e. The fraction of sp³-hybridized carbons (Fsp3) is 0.0286. The molecule has 0 aliphatic carbocycles. The molecule has 14 aromatic rings. The predicted octanol–water partition coefficient (Wildman–Crippen LogP) is 19.3. The summed E-state index contributed by atoms with van der Waals surface area (Å²) in [6.07, 6.45) is 0. The summed E-state index contributed by atoms with van der Waals surface area (Å²) in [5.41, 5.74) is 21.0. The van der Waals surface area contributed by atoms with Crippen molar-refractivity contribution in [2.75, 3.05) is 9.80 Å². The number of para-hydroxylation sites is 8. The van der Waals surface area contributed by atoms with Crippen LogP contribution in [0.15, 0.2) is 270 Å². The molecule has 0 radical (unpaired) electrons. The number of fused-ring (bicyclic) bond motifs is 5. The van der Waals surface area contributed by atoms with E-state index in [9.17, 15) is 0 Å². The molecule has 11 aromatic carbocycles. The predicted molar refractivity (Wildman–Crippen MR) is 316 cm³/mol. The second-order valence-corrected chi connectivity index (χ2v) is 19.4. The summed E-state index contributed by atoms with van der Waals surface area (Å²) in [6.45, 7) is 4.34. The quantitative estimate of drug-likeness (QED) is 0.129. The molecule has 0 bridgehead atoms. The van der Waals surface area contributed by atoms with Crippen LogP contribution in [0.25, 0.3) is 94.9 Å². The highest BCUT2D eigenvalue weighted by molar-refractivity contribution is 6.12. The first-order chi connectivity index (χ1) is 38.0. The molecule has 0 aliphatic heterocycles. The SMILES string of the molecule is Cc1c(-c2cc(-c3cccc(-c4nc5ccccc5o4)c3C)cc(-n3c4ccc(N(c5ccccc5)c5ccccc5)cc4c4cc(N(c5ccccc5)c5ccccc5)ccc43)c2)cccc1-c1nc2ccccc2o1. The molecule has 0 saturated heterocycles. The molecule has 0 amide bonds. The van der Waals surface area contributed by atoms with Crippen LogP contribution in [-0.2, 0) is 0 Å². The van der Waals surface area contributed by atoms with Crippen molar-refractivity contribution in [2.24, 2.45) is 0 Å². The Hall–Kier alpha value is -10.2. The molecule has 366 valence electrons. The van der Waals surface area contributed by atoms with Gasteiger partial charge in [-0.3, -0.25) is 0 Å². The van der Waals surface area contributed by atoms with E-state index in [1.165, 1.54) is 0 Å². The van der Waals surface area contributed by atoms with Crippen LogP contribution < -0.4 is 9.80 Å². The van der Waals surface area contributed by atoms with Crippen molar-refractivity contribution in [1.29, 1.82) is 0 Å². The molecule has 0 saturated carbocycles. The summed E-state index contributed by atoms with van der Waals surface area (Å²) in [7, 11) is 0. The number of rotatable bonds is 11. The average molecular weight is 992 g/mol. The summed E-state index contributed by atoms with van der Waals surface area (Å²) in [5, 5.41) is 2.24. The lowest BCUT2D eigenvalue weighted by molar-refractivity contribution is 0.619. The van der Waals surface area contributed by atoms with Crippen molar-refractivity contribution in [3.63, 3.8) is 0 Å². The summed E-state index contributed by atoms with van der Waals surface area (Å²) in [5.74, 6) is 1.19. The highest BCUT2D eigenvalue weighted by Crippen LogP contribution is 2.45. The molecule has 0 aliphatic rings. The first kappa shape index (κ1) is 45.4. The lowest BCUT2D eigenvalue weighted by Gasteiger charge is -2.26. The van der Waals surface area contributed by atoms with Gasteiger partial charge in [0.2, 0.25) is 11.8 Å². The minimum Gasteiger partial charge on any atom is -0.436 e. The number of hydrogen-bond donors (Lipinski definition) is 0. The Balaban J connectivity index is 1.03. The van der Waals surface area contributed by atoms with Crippen molar-refractivity contribution in [1.82, 2.24) is 14.5 Å². The lowest BCUT2D eigenvalue weighted by atomic mass is 9.91. The maximum atomic E-state index is 6.42. The molecular weight excluding hydrogens is 943 g/mol. The molecule has 0 fully saturated rings. The van der Waals surface area contributed by atoms with Gasteiger partial charge in [0.1, 0.15) is 11.0 Å². The second-order valence-electron chi connectivity index (χ2n) is 19.4. The third-order valence-electron chi connectivity index (χ3n) is 14.8. The van der Waals surface area contributed by atoms with Crippen LogP contribution in [0.2, 0.25) is 0 Å². The highest BCUT2D eigenvalue weighted by Gasteiger charge is 2.23. The van der Waals surface area contributed by atoms with Gasteiger partial charge in [-0.05, 0) is 187 Å². The fourth-order valence-corrected chi connectivity index (χ4v) is 11.1. The van der Waals surface area contributed by atoms with Crippen molar-refractivity contribution in [3.8, 4) is 50.8 Å². The molecule has 0 atom stereocenters. The van der Waals surface area contributed by atoms with Gasteiger partial charge in [0.25, 0.3) is 0 Å². The minimum absolute atomic E-state index is 0.595. The zero-order valence-corrected chi connectivity index (χ0v) is 42.4. The van der Waals surface area contributed by atoms with E-state index < -0.39 is 0 Å². The van der Waals surface area contributed by atoms with E-state index in [1.807, 2.05) is 48.5 Å². The first-order valence-electron chi connectivity index (χ1n) is 26.0. The summed E-state index contributed by atoms with van der Waals surface area (Å²) in [4.78, 5) is 14.6. The molecule has 0 spiro atoms. The van der Waals surface area contributed by atoms with Gasteiger partial charge in [-0.25, -0.2) is 9.97 Å². The van der Waals surface area contributed by atoms with Crippen LogP contribution >= 0.6 is 0 Å². The molecule has 77 heavy (non-hydrogen) atoms. The van der Waals surface area contributed by atoms with Gasteiger partial charge >= 0.3 is 0 Å². The van der Waals surface area contributed by atoms with E-state index in [0.717, 1.165) is 128 Å². The topological polar surface area (TPSA) is 63.5 Å². The number of benzene rings is 11. The fourth-order valence-electron chi connectivity index (χ4n) is 11.1. The molecular formula is C70H49N5O2. The van der Waals surface area contributed by atoms with Crippen LogP contribution in [0.4, 0.5) is 34.1 Å². The van der Waals surface area contributed by atoms with E-state index >= 15 is 0 Å². The van der Waals surface area contributed by atoms with E-state index in [0.29, 0.717) is 11.8 Å². The van der Waals surface area contributed by atoms with Gasteiger partial charge in [0.05, 0.1) is 11.0 Å². The van der Waals surface area contributed by atoms with E-state index in [1.54, 1.807) is 0 Å². The van der Waals surface area contributed by atoms with Crippen LogP contribution in [0.3, 0.4) is 0 Å². The third kappa shape index (κ3) is 8.09. The van der Waals surface area contributed by atoms with Crippen LogP contribution in [-0.4, -0.2) is 14.5 Å². The number of anilines is 6. The van der Waals surface area contributed by atoms with Gasteiger partial charge < -0.3 is 23.2 Å². The normalized spacial score (nSPS) is 11.5. The summed E-state index contributed by atoms with van der Waals surface area (Å²) in [6, 6.07) is 92.0. The lowest BCUT2D eigenvalue weighted by Crippen LogP contribution is -2.09. The Labute approximate surface area is 445 Å². The van der Waals surface area contributed by atoms with Crippen molar-refractivity contribution < 1.29 is 8.83 Å². The second kappa shape index (κ2) is 18.9. The number of nitrogens with zero attached hydrogens (tertiary/aromatic N) is 5. The van der Waals surface area contributed by atoms with Gasteiger partial charge in [-0.2, -0.15) is 0 Å². The highest BCUT2D eigenvalue weighted by atomic mass is 16.4. The number of aromatic nitrogens is 3. The van der Waals surface area contributed by atoms with Crippen LogP contribution in [0, 0.1) is 13.8 Å². The monoisotopic (exact) mass is 991 g/mol. The van der Waals surface area contributed by atoms with Gasteiger partial charge in [-0.15, -0.1) is 0 Å². The molecule has 3 aromatic heterocycles. The van der Waals surface area contributed by atoms with Crippen LogP contribution in [0.1, 0.15) is 11.1 Å². The minimum atomic E-state index is 0.595. The van der Waals surface area contributed by atoms with E-state index in [-0.39, 0.29) is 0 Å². The Morgan fingerprint density at radius 3 is 1.08 bits per heavy atom. The standard InChI is InChI=1S/C70H49N5O2/c1-46-57(29-19-31-59(46)69-71-63-33-15-17-35-67(63)76-69)48-41-49(58-30-20-32-60(47(58)2)70-72-64-34-16-18-36-68(64)77-70)43-56(42-48)75-65-39-37-54(73(50-21-7-3-8-22-50)51-23-9-4-10-24-51)44-61(65)62-45-55(38-40-66(62)75)74(52-25-11-5-12-26-52)53-27-13-6-14-28-53/h3-45H,1-2H3. The zero-order valence-electron chi connectivity index (χ0n) is 42.4. The Bertz CT molecular complexity index is 4060. The Kier molecular flexibility index (Phi) is 11.1. The maximum absolute atomic E-state index is 6.42. The van der Waals surface area contributed by atoms with E-state index in [4.69, 9.17) is 18.8 Å². The van der Waals surface area contributed by atoms with Crippen LogP contribution in [0.5, 0.6) is 0 Å². The smallest absolute Gasteiger partial charge is 0.227 e. The third-order valence-corrected chi connectivity index (χ3v) is 14.8. The Morgan fingerprint density at radius 2 is 0.688 bits per heavy atom. The molecule has 7 nitrogen and oxygen atoms in total. The van der Waals surface area contributed by atoms with Crippen molar-refractivity contribution in [3.05, 3.63) is 272 Å². The molecule has 14 rings (SSSR count). The van der Waals surface area contributed by atoms with Crippen molar-refractivity contribution in [2.45, 2.75) is 13.8 Å². The first-order valence-corrected chi connectivity index (χ1v) is 26.0. The van der Waals surface area contributed by atoms with E-state index in [2.05, 4.69) is 241 Å². The average Bonchev–Trinajstić information content (AvgIpc) is 4.31. The molecule has 0 unspecified atom stereocenters. The molecule has 7 heteroatoms. The maximum Gasteiger partial charge on any atom is 0.227 e. The Morgan fingerprint density at radius 1 is 0.325 bits per heavy atom. The van der Waals surface area contributed by atoms with Crippen molar-refractivity contribution >= 4 is 78.1 Å². The molecule has 3 heterocycles. The van der Waals surface area contributed by atoms with Gasteiger partial charge in [0, 0.05) is 61.7 Å². The number of hydrogen-bond acceptors (Lipinski definition) is 6. The van der Waals surface area contributed by atoms with Gasteiger partial charge in [0.15, 0.2) is 11.2 Å². The zero-order chi connectivity index (χ0) is 51.4. The summed E-state index contributed by atoms with van der Waals surface area (Å²) < 4.78 is 15.3. The molecule has 0 N–H and O–H groups in total.